The van der Waals surface area contributed by atoms with Gasteiger partial charge in [0.05, 0.1) is 13.7 Å². The first-order valence-corrected chi connectivity index (χ1v) is 9.84. The van der Waals surface area contributed by atoms with Gasteiger partial charge in [0.2, 0.25) is 0 Å². The Morgan fingerprint density at radius 3 is 2.46 bits per heavy atom. The highest BCUT2D eigenvalue weighted by molar-refractivity contribution is 5.68. The Morgan fingerprint density at radius 1 is 1.18 bits per heavy atom. The van der Waals surface area contributed by atoms with Crippen LogP contribution in [-0.4, -0.2) is 39.6 Å². The molecule has 1 aliphatic rings. The average molecular weight is 386 g/mol. The van der Waals surface area contributed by atoms with Gasteiger partial charge in [0.15, 0.2) is 0 Å². The molecule has 1 aliphatic carbocycles. The van der Waals surface area contributed by atoms with Gasteiger partial charge in [-0.25, -0.2) is 4.79 Å². The van der Waals surface area contributed by atoms with Gasteiger partial charge in [-0.2, -0.15) is 0 Å². The fourth-order valence-corrected chi connectivity index (χ4v) is 3.60. The van der Waals surface area contributed by atoms with Crippen molar-refractivity contribution in [2.75, 3.05) is 7.11 Å². The van der Waals surface area contributed by atoms with E-state index in [1.807, 2.05) is 32.9 Å². The van der Waals surface area contributed by atoms with Crippen LogP contribution in [0.15, 0.2) is 30.6 Å². The minimum absolute atomic E-state index is 0.157. The third-order valence-electron chi connectivity index (χ3n) is 4.97. The third-order valence-corrected chi connectivity index (χ3v) is 4.97. The number of alkyl carbamates (subject to hydrolysis) is 1. The minimum Gasteiger partial charge on any atom is -0.497 e. The van der Waals surface area contributed by atoms with Crippen LogP contribution < -0.4 is 10.1 Å². The summed E-state index contributed by atoms with van der Waals surface area (Å²) in [4.78, 5) is 12.0. The van der Waals surface area contributed by atoms with Crippen LogP contribution in [0.1, 0.15) is 63.8 Å². The van der Waals surface area contributed by atoms with Crippen LogP contribution in [-0.2, 0) is 11.3 Å². The van der Waals surface area contributed by atoms with E-state index in [4.69, 9.17) is 9.47 Å². The van der Waals surface area contributed by atoms with Gasteiger partial charge in [-0.3, -0.25) is 0 Å². The summed E-state index contributed by atoms with van der Waals surface area (Å²) in [7, 11) is 1.67. The predicted octanol–water partition coefficient (Wildman–Crippen LogP) is 3.89. The Hall–Kier alpha value is -2.57. The molecule has 1 heterocycles. The van der Waals surface area contributed by atoms with Gasteiger partial charge in [0.1, 0.15) is 23.5 Å². The molecule has 0 spiro atoms. The summed E-state index contributed by atoms with van der Waals surface area (Å²) >= 11 is 0. The van der Waals surface area contributed by atoms with E-state index in [1.165, 1.54) is 5.56 Å². The smallest absolute Gasteiger partial charge is 0.407 e. The van der Waals surface area contributed by atoms with Crippen molar-refractivity contribution in [3.63, 3.8) is 0 Å². The molecule has 3 rings (SSSR count). The summed E-state index contributed by atoms with van der Waals surface area (Å²) in [5.41, 5.74) is 0.709. The summed E-state index contributed by atoms with van der Waals surface area (Å²) < 4.78 is 12.7. The topological polar surface area (TPSA) is 78.3 Å². The molecule has 0 unspecified atom stereocenters. The Balaban J connectivity index is 1.55. The van der Waals surface area contributed by atoms with Gasteiger partial charge in [-0.05, 0) is 64.2 Å². The van der Waals surface area contributed by atoms with Crippen molar-refractivity contribution in [1.82, 2.24) is 20.1 Å². The molecular formula is C21H30N4O3. The first-order chi connectivity index (χ1) is 13.3. The van der Waals surface area contributed by atoms with E-state index in [0.717, 1.165) is 43.8 Å². The zero-order valence-electron chi connectivity index (χ0n) is 17.1. The van der Waals surface area contributed by atoms with Crippen molar-refractivity contribution < 1.29 is 14.3 Å². The highest BCUT2D eigenvalue weighted by Gasteiger charge is 2.28. The van der Waals surface area contributed by atoms with Crippen molar-refractivity contribution in [1.29, 1.82) is 0 Å². The number of hydrogen-bond donors (Lipinski definition) is 1. The van der Waals surface area contributed by atoms with E-state index >= 15 is 0 Å². The Labute approximate surface area is 166 Å². The summed E-state index contributed by atoms with van der Waals surface area (Å²) in [5, 5.41) is 11.5. The largest absolute Gasteiger partial charge is 0.497 e. The summed E-state index contributed by atoms with van der Waals surface area (Å²) in [6, 6.07) is 8.21. The summed E-state index contributed by atoms with van der Waals surface area (Å²) in [5.74, 6) is 2.23. The lowest BCUT2D eigenvalue weighted by atomic mass is 9.85. The molecule has 1 amide bonds. The number of amides is 1. The molecule has 28 heavy (non-hydrogen) atoms. The van der Waals surface area contributed by atoms with Gasteiger partial charge >= 0.3 is 6.09 Å². The normalized spacial score (nSPS) is 19.9. The van der Waals surface area contributed by atoms with E-state index in [9.17, 15) is 4.79 Å². The first kappa shape index (κ1) is 20.2. The molecule has 1 fully saturated rings. The molecule has 2 aromatic rings. The molecular weight excluding hydrogens is 356 g/mol. The van der Waals surface area contributed by atoms with Gasteiger partial charge in [-0.1, -0.05) is 12.1 Å². The molecule has 0 aliphatic heterocycles. The van der Waals surface area contributed by atoms with Crippen LogP contribution in [0.5, 0.6) is 5.75 Å². The highest BCUT2D eigenvalue weighted by atomic mass is 16.6. The minimum atomic E-state index is -0.473. The number of nitrogens with one attached hydrogen (secondary N) is 1. The monoisotopic (exact) mass is 386 g/mol. The third kappa shape index (κ3) is 5.47. The number of aromatic nitrogens is 3. The lowest BCUT2D eigenvalue weighted by molar-refractivity contribution is 0.0491. The number of ether oxygens (including phenoxy) is 2. The van der Waals surface area contributed by atoms with E-state index in [1.54, 1.807) is 13.4 Å². The van der Waals surface area contributed by atoms with E-state index in [2.05, 4.69) is 32.2 Å². The van der Waals surface area contributed by atoms with Crippen molar-refractivity contribution in [2.45, 2.75) is 70.6 Å². The standard InChI is InChI=1S/C21H30N4O3/c1-21(2,3)28-20(26)23-17-9-7-16(8-10-17)19-24-22-14-25(19)13-15-5-11-18(27-4)12-6-15/h5-6,11-12,14,16-17H,7-10,13H2,1-4H3,(H,23,26). The zero-order valence-corrected chi connectivity index (χ0v) is 17.1. The summed E-state index contributed by atoms with van der Waals surface area (Å²) in [6.07, 6.45) is 5.24. The van der Waals surface area contributed by atoms with Crippen molar-refractivity contribution >= 4 is 6.09 Å². The number of benzene rings is 1. The molecule has 1 aromatic heterocycles. The fraction of sp³-hybridized carbons (Fsp3) is 0.571. The van der Waals surface area contributed by atoms with Gasteiger partial charge in [0.25, 0.3) is 0 Å². The van der Waals surface area contributed by atoms with Crippen molar-refractivity contribution in [2.24, 2.45) is 0 Å². The molecule has 0 atom stereocenters. The second-order valence-corrected chi connectivity index (χ2v) is 8.36. The maximum atomic E-state index is 12.0. The number of rotatable bonds is 5. The molecule has 7 nitrogen and oxygen atoms in total. The number of nitrogens with zero attached hydrogens (tertiary/aromatic N) is 3. The molecule has 0 radical (unpaired) electrons. The summed E-state index contributed by atoms with van der Waals surface area (Å²) in [6.45, 7) is 6.36. The van der Waals surface area contributed by atoms with Gasteiger partial charge in [-0.15, -0.1) is 10.2 Å². The molecule has 1 aromatic carbocycles. The van der Waals surface area contributed by atoms with Crippen molar-refractivity contribution in [3.8, 4) is 5.75 Å². The van der Waals surface area contributed by atoms with E-state index < -0.39 is 5.60 Å². The molecule has 7 heteroatoms. The number of methoxy groups -OCH3 is 1. The van der Waals surface area contributed by atoms with Crippen LogP contribution in [0.4, 0.5) is 4.79 Å². The second kappa shape index (κ2) is 8.63. The number of carbonyl (C=O) groups is 1. The number of carbonyl (C=O) groups excluding carboxylic acids is 1. The Morgan fingerprint density at radius 2 is 1.86 bits per heavy atom. The van der Waals surface area contributed by atoms with Crippen molar-refractivity contribution in [3.05, 3.63) is 42.0 Å². The maximum absolute atomic E-state index is 12.0. The first-order valence-electron chi connectivity index (χ1n) is 9.84. The Kier molecular flexibility index (Phi) is 6.21. The predicted molar refractivity (Wildman–Crippen MR) is 106 cm³/mol. The average Bonchev–Trinajstić information content (AvgIpc) is 3.09. The second-order valence-electron chi connectivity index (χ2n) is 8.36. The number of hydrogen-bond acceptors (Lipinski definition) is 5. The maximum Gasteiger partial charge on any atom is 0.407 e. The molecule has 0 saturated heterocycles. The van der Waals surface area contributed by atoms with Crippen LogP contribution in [0.25, 0.3) is 0 Å². The SMILES string of the molecule is COc1ccc(Cn2cnnc2C2CCC(NC(=O)OC(C)(C)C)CC2)cc1. The van der Waals surface area contributed by atoms with Gasteiger partial charge < -0.3 is 19.4 Å². The van der Waals surface area contributed by atoms with Crippen LogP contribution in [0.2, 0.25) is 0 Å². The van der Waals surface area contributed by atoms with Crippen LogP contribution in [0.3, 0.4) is 0 Å². The molecule has 1 saturated carbocycles. The van der Waals surface area contributed by atoms with Gasteiger partial charge in [0, 0.05) is 12.0 Å². The Bertz CT molecular complexity index is 772. The fourth-order valence-electron chi connectivity index (χ4n) is 3.60. The quantitative estimate of drug-likeness (QED) is 0.843. The molecule has 1 N–H and O–H groups in total. The lowest BCUT2D eigenvalue weighted by Gasteiger charge is -2.29. The lowest BCUT2D eigenvalue weighted by Crippen LogP contribution is -2.40. The molecule has 0 bridgehead atoms. The van der Waals surface area contributed by atoms with Crippen LogP contribution >= 0.6 is 0 Å². The highest BCUT2D eigenvalue weighted by Crippen LogP contribution is 2.32. The zero-order chi connectivity index (χ0) is 20.1. The van der Waals surface area contributed by atoms with E-state index in [-0.39, 0.29) is 12.1 Å². The molecule has 152 valence electrons. The van der Waals surface area contributed by atoms with E-state index in [0.29, 0.717) is 5.92 Å². The van der Waals surface area contributed by atoms with Crippen LogP contribution in [0, 0.1) is 0 Å².